The summed E-state index contributed by atoms with van der Waals surface area (Å²) >= 11 is 8.92. The molecule has 6 rings (SSSR count). The van der Waals surface area contributed by atoms with E-state index in [2.05, 4.69) is 4.98 Å². The van der Waals surface area contributed by atoms with Crippen LogP contribution in [0.5, 0.6) is 0 Å². The van der Waals surface area contributed by atoms with Gasteiger partial charge in [0.1, 0.15) is 6.54 Å². The highest BCUT2D eigenvalue weighted by atomic mass is 35.5. The zero-order chi connectivity index (χ0) is 21.6. The molecule has 7 nitrogen and oxygen atoms in total. The molecule has 0 spiro atoms. The quantitative estimate of drug-likeness (QED) is 0.659. The van der Waals surface area contributed by atoms with Gasteiger partial charge in [-0.3, -0.25) is 24.1 Å². The minimum absolute atomic E-state index is 0.00778. The van der Waals surface area contributed by atoms with Crippen LogP contribution in [0.25, 0.3) is 0 Å². The third kappa shape index (κ3) is 2.66. The fourth-order valence-electron chi connectivity index (χ4n) is 6.41. The lowest BCUT2D eigenvalue weighted by Crippen LogP contribution is -2.42. The fraction of sp³-hybridized carbons (Fsp3) is 0.429. The van der Waals surface area contributed by atoms with Gasteiger partial charge in [0, 0.05) is 21.1 Å². The predicted molar refractivity (Wildman–Crippen MR) is 114 cm³/mol. The van der Waals surface area contributed by atoms with Crippen molar-refractivity contribution < 1.29 is 19.5 Å². The second-order valence-corrected chi connectivity index (χ2v) is 11.3. The number of benzene rings is 1. The molecular formula is C21H17ClN2O5S2. The van der Waals surface area contributed by atoms with E-state index in [0.29, 0.717) is 5.02 Å². The maximum absolute atomic E-state index is 13.1. The molecule has 2 amide bonds. The van der Waals surface area contributed by atoms with Crippen molar-refractivity contribution in [1.29, 1.82) is 0 Å². The Balaban J connectivity index is 1.45. The molecule has 0 unspecified atom stereocenters. The van der Waals surface area contributed by atoms with Crippen molar-refractivity contribution in [2.75, 3.05) is 6.54 Å². The molecule has 2 aliphatic heterocycles. The summed E-state index contributed by atoms with van der Waals surface area (Å²) in [5, 5.41) is 10.7. The molecule has 0 radical (unpaired) electrons. The Hall–Kier alpha value is -2.10. The number of amides is 2. The van der Waals surface area contributed by atoms with Crippen LogP contribution in [0.3, 0.4) is 0 Å². The Bertz CT molecular complexity index is 1190. The number of H-pyrrole nitrogens is 1. The number of nitrogens with one attached hydrogen (secondary N) is 1. The lowest BCUT2D eigenvalue weighted by Gasteiger charge is -2.43. The smallest absolute Gasteiger partial charge is 0.323 e. The Morgan fingerprint density at radius 3 is 2.48 bits per heavy atom. The number of aliphatic carboxylic acids is 1. The summed E-state index contributed by atoms with van der Waals surface area (Å²) in [4.78, 5) is 54.3. The summed E-state index contributed by atoms with van der Waals surface area (Å²) in [6.07, 6.45) is 0.777. The lowest BCUT2D eigenvalue weighted by molar-refractivity contribution is -0.149. The monoisotopic (exact) mass is 476 g/mol. The van der Waals surface area contributed by atoms with Gasteiger partial charge in [-0.05, 0) is 41.9 Å². The van der Waals surface area contributed by atoms with Crippen molar-refractivity contribution >= 4 is 52.5 Å². The molecule has 2 aliphatic carbocycles. The molecule has 10 heteroatoms. The van der Waals surface area contributed by atoms with Gasteiger partial charge in [-0.25, -0.2) is 0 Å². The summed E-state index contributed by atoms with van der Waals surface area (Å²) in [5.41, 5.74) is 1.04. The number of carbonyl (C=O) groups excluding carboxylic acids is 2. The third-order valence-electron chi connectivity index (χ3n) is 7.34. The topological polar surface area (TPSA) is 108 Å². The van der Waals surface area contributed by atoms with Crippen LogP contribution in [0.2, 0.25) is 5.02 Å². The summed E-state index contributed by atoms with van der Waals surface area (Å²) in [6, 6.07) is 7.60. The number of thiazole rings is 1. The number of aromatic nitrogens is 1. The zero-order valence-corrected chi connectivity index (χ0v) is 18.4. The minimum Gasteiger partial charge on any atom is -0.480 e. The molecule has 1 saturated heterocycles. The molecule has 31 heavy (non-hydrogen) atoms. The highest BCUT2D eigenvalue weighted by Gasteiger charge is 2.69. The van der Waals surface area contributed by atoms with Gasteiger partial charge in [0.25, 0.3) is 0 Å². The first kappa shape index (κ1) is 19.6. The van der Waals surface area contributed by atoms with Crippen molar-refractivity contribution in [2.24, 2.45) is 29.6 Å². The van der Waals surface area contributed by atoms with Crippen molar-refractivity contribution in [3.05, 3.63) is 49.4 Å². The number of carbonyl (C=O) groups is 3. The van der Waals surface area contributed by atoms with Crippen molar-refractivity contribution in [3.8, 4) is 0 Å². The number of aromatic amines is 1. The Morgan fingerprint density at radius 2 is 1.81 bits per heavy atom. The molecule has 2 aromatic rings. The first-order valence-corrected chi connectivity index (χ1v) is 12.1. The zero-order valence-electron chi connectivity index (χ0n) is 16.0. The summed E-state index contributed by atoms with van der Waals surface area (Å²) in [6.45, 7) is -0.576. The number of nitrogens with zero attached hydrogens (tertiary/aromatic N) is 1. The van der Waals surface area contributed by atoms with Crippen molar-refractivity contribution in [1.82, 2.24) is 9.88 Å². The highest BCUT2D eigenvalue weighted by Crippen LogP contribution is 2.68. The summed E-state index contributed by atoms with van der Waals surface area (Å²) in [5.74, 6) is -2.80. The predicted octanol–water partition coefficient (Wildman–Crippen LogP) is 2.65. The van der Waals surface area contributed by atoms with E-state index in [9.17, 15) is 19.2 Å². The van der Waals surface area contributed by atoms with E-state index in [1.165, 1.54) is 11.3 Å². The van der Waals surface area contributed by atoms with Gasteiger partial charge >= 0.3 is 10.8 Å². The van der Waals surface area contributed by atoms with Crippen LogP contribution in [0.1, 0.15) is 22.8 Å². The van der Waals surface area contributed by atoms with Gasteiger partial charge in [-0.15, -0.1) is 11.8 Å². The van der Waals surface area contributed by atoms with Gasteiger partial charge in [-0.1, -0.05) is 35.1 Å². The van der Waals surface area contributed by atoms with E-state index in [1.54, 1.807) is 11.8 Å². The normalized spacial score (nSPS) is 35.3. The van der Waals surface area contributed by atoms with E-state index in [4.69, 9.17) is 16.7 Å². The number of rotatable bonds is 3. The Morgan fingerprint density at radius 1 is 1.13 bits per heavy atom. The number of hydrogen-bond donors (Lipinski definition) is 2. The maximum Gasteiger partial charge on any atom is 0.323 e. The van der Waals surface area contributed by atoms with E-state index < -0.39 is 24.3 Å². The van der Waals surface area contributed by atoms with Crippen LogP contribution in [0, 0.1) is 29.6 Å². The van der Waals surface area contributed by atoms with Gasteiger partial charge in [-0.2, -0.15) is 0 Å². The maximum atomic E-state index is 13.1. The molecule has 1 aromatic carbocycles. The Labute approximate surface area is 189 Å². The number of imide groups is 1. The van der Waals surface area contributed by atoms with E-state index >= 15 is 0 Å². The molecular weight excluding hydrogens is 460 g/mol. The molecule has 1 aromatic heterocycles. The lowest BCUT2D eigenvalue weighted by atomic mass is 9.68. The molecule has 2 bridgehead atoms. The van der Waals surface area contributed by atoms with Crippen LogP contribution in [-0.2, 0) is 14.4 Å². The largest absolute Gasteiger partial charge is 0.480 e. The van der Waals surface area contributed by atoms with Crippen molar-refractivity contribution in [2.45, 2.75) is 22.6 Å². The number of carboxylic acids is 1. The molecule has 4 aliphatic rings. The summed E-state index contributed by atoms with van der Waals surface area (Å²) in [7, 11) is 0. The number of fused-ring (bicyclic) bond motifs is 9. The fourth-order valence-corrected chi connectivity index (χ4v) is 9.43. The van der Waals surface area contributed by atoms with Gasteiger partial charge in [0.05, 0.1) is 16.9 Å². The first-order valence-electron chi connectivity index (χ1n) is 10.1. The average molecular weight is 477 g/mol. The first-order chi connectivity index (χ1) is 14.8. The van der Waals surface area contributed by atoms with Crippen molar-refractivity contribution in [3.63, 3.8) is 0 Å². The van der Waals surface area contributed by atoms with E-state index in [1.807, 2.05) is 24.3 Å². The SMILES string of the molecule is O=C(O)CN1C(=O)[C@@H]2[C@H]3C[C@@H]([C@H]4Sc5[nH]c(=O)sc5[C@H](c5ccc(Cl)cc5)[C@@H]34)[C@H]2C1=O. The number of halogens is 1. The van der Waals surface area contributed by atoms with Gasteiger partial charge < -0.3 is 10.1 Å². The van der Waals surface area contributed by atoms with E-state index in [-0.39, 0.29) is 45.6 Å². The standard InChI is InChI=1S/C21H17ClN2O5S2/c22-8-3-1-7(2-4-8)12-13-9-5-10(16(13)30-18-17(12)31-21(29)23-18)15-14(9)19(27)24(20(15)28)6-11(25)26/h1-4,9-10,12-16H,5-6H2,(H,23,29)(H,25,26)/t9-,10+,12+,13+,14+,15+,16+/m0/s1. The van der Waals surface area contributed by atoms with Crippen LogP contribution in [0.15, 0.2) is 34.1 Å². The number of hydrogen-bond acceptors (Lipinski definition) is 6. The number of likely N-dealkylation sites (tertiary alicyclic amines) is 1. The number of thioether (sulfide) groups is 1. The molecule has 2 saturated carbocycles. The van der Waals surface area contributed by atoms with Gasteiger partial charge in [0.15, 0.2) is 0 Å². The Kier molecular flexibility index (Phi) is 4.23. The second kappa shape index (κ2) is 6.70. The van der Waals surface area contributed by atoms with Crippen LogP contribution < -0.4 is 4.87 Å². The van der Waals surface area contributed by atoms with Crippen LogP contribution >= 0.6 is 34.7 Å². The molecule has 160 valence electrons. The minimum atomic E-state index is -1.18. The highest BCUT2D eigenvalue weighted by molar-refractivity contribution is 8.00. The van der Waals surface area contributed by atoms with Gasteiger partial charge in [0.2, 0.25) is 11.8 Å². The van der Waals surface area contributed by atoms with Crippen LogP contribution in [-0.4, -0.2) is 44.6 Å². The van der Waals surface area contributed by atoms with E-state index in [0.717, 1.165) is 26.8 Å². The molecule has 2 N–H and O–H groups in total. The number of carboxylic acid groups (broad SMARTS) is 1. The average Bonchev–Trinajstić information content (AvgIpc) is 3.44. The van der Waals surface area contributed by atoms with Crippen LogP contribution in [0.4, 0.5) is 0 Å². The molecule has 3 heterocycles. The third-order valence-corrected chi connectivity index (χ3v) is 10.2. The molecule has 3 fully saturated rings. The molecule has 7 atom stereocenters. The summed E-state index contributed by atoms with van der Waals surface area (Å²) < 4.78 is 0. The second-order valence-electron chi connectivity index (χ2n) is 8.67.